The molecule has 1 aromatic rings. The summed E-state index contributed by atoms with van der Waals surface area (Å²) in [6.07, 6.45) is 1.30. The molecule has 1 fully saturated rings. The second kappa shape index (κ2) is 6.57. The maximum Gasteiger partial charge on any atom is 0.328 e. The van der Waals surface area contributed by atoms with Crippen LogP contribution in [0, 0.1) is 5.92 Å². The first-order valence-electron chi connectivity index (χ1n) is 6.95. The average Bonchev–Trinajstić information content (AvgIpc) is 2.45. The molecule has 1 saturated heterocycles. The number of hydrogen-bond acceptors (Lipinski definition) is 3. The summed E-state index contributed by atoms with van der Waals surface area (Å²) >= 11 is 0. The van der Waals surface area contributed by atoms with Crippen LogP contribution in [0.5, 0.6) is 0 Å². The van der Waals surface area contributed by atoms with Crippen molar-refractivity contribution in [3.63, 3.8) is 0 Å². The van der Waals surface area contributed by atoms with Gasteiger partial charge in [-0.3, -0.25) is 0 Å². The number of rotatable bonds is 4. The number of aliphatic carboxylic acids is 1. The van der Waals surface area contributed by atoms with E-state index >= 15 is 0 Å². The van der Waals surface area contributed by atoms with Crippen molar-refractivity contribution in [1.29, 1.82) is 0 Å². The van der Waals surface area contributed by atoms with Crippen LogP contribution in [0.1, 0.15) is 19.4 Å². The number of benzene rings is 1. The summed E-state index contributed by atoms with van der Waals surface area (Å²) in [5.74, 6) is -0.716. The zero-order valence-corrected chi connectivity index (χ0v) is 12.0. The molecule has 0 unspecified atom stereocenters. The number of ether oxygens (including phenoxy) is 1. The van der Waals surface area contributed by atoms with Crippen molar-refractivity contribution in [2.24, 2.45) is 5.92 Å². The highest BCUT2D eigenvalue weighted by Crippen LogP contribution is 2.25. The fourth-order valence-electron chi connectivity index (χ4n) is 2.40. The Hall–Kier alpha value is -1.81. The molecule has 1 aromatic carbocycles. The third kappa shape index (κ3) is 3.61. The van der Waals surface area contributed by atoms with Crippen LogP contribution in [0.2, 0.25) is 0 Å². The lowest BCUT2D eigenvalue weighted by molar-refractivity contribution is -0.131. The van der Waals surface area contributed by atoms with E-state index in [-0.39, 0.29) is 5.92 Å². The standard InChI is InChI=1S/C16H21NO3/c1-12(2)15(11-16(18)19)13-3-5-14(6-4-13)17-7-9-20-10-8-17/h3-6,11-12H,7-10H2,1-2H3,(H,18,19)/b15-11+. The summed E-state index contributed by atoms with van der Waals surface area (Å²) < 4.78 is 5.34. The molecule has 1 heterocycles. The van der Waals surface area contributed by atoms with Crippen LogP contribution in [-0.4, -0.2) is 37.4 Å². The van der Waals surface area contributed by atoms with E-state index in [9.17, 15) is 4.79 Å². The molecular formula is C16H21NO3. The Morgan fingerprint density at radius 2 is 1.85 bits per heavy atom. The van der Waals surface area contributed by atoms with Crippen LogP contribution in [0.4, 0.5) is 5.69 Å². The number of hydrogen-bond donors (Lipinski definition) is 1. The van der Waals surface area contributed by atoms with E-state index in [4.69, 9.17) is 9.84 Å². The number of carboxylic acid groups (broad SMARTS) is 1. The molecule has 1 aliphatic rings. The van der Waals surface area contributed by atoms with Crippen molar-refractivity contribution in [3.8, 4) is 0 Å². The molecule has 0 radical (unpaired) electrons. The van der Waals surface area contributed by atoms with Gasteiger partial charge in [-0.1, -0.05) is 26.0 Å². The van der Waals surface area contributed by atoms with E-state index in [1.165, 1.54) is 6.08 Å². The summed E-state index contributed by atoms with van der Waals surface area (Å²) in [6, 6.07) is 8.11. The van der Waals surface area contributed by atoms with Gasteiger partial charge in [-0.15, -0.1) is 0 Å². The summed E-state index contributed by atoms with van der Waals surface area (Å²) in [5, 5.41) is 8.95. The quantitative estimate of drug-likeness (QED) is 0.858. The van der Waals surface area contributed by atoms with Gasteiger partial charge in [-0.25, -0.2) is 4.79 Å². The first-order valence-corrected chi connectivity index (χ1v) is 6.95. The van der Waals surface area contributed by atoms with Crippen molar-refractivity contribution < 1.29 is 14.6 Å². The summed E-state index contributed by atoms with van der Waals surface area (Å²) in [5.41, 5.74) is 2.99. The Morgan fingerprint density at radius 1 is 1.25 bits per heavy atom. The molecule has 0 amide bonds. The molecule has 20 heavy (non-hydrogen) atoms. The maximum atomic E-state index is 10.9. The number of anilines is 1. The van der Waals surface area contributed by atoms with Gasteiger partial charge in [0.05, 0.1) is 13.2 Å². The van der Waals surface area contributed by atoms with Crippen LogP contribution >= 0.6 is 0 Å². The van der Waals surface area contributed by atoms with Gasteiger partial charge in [0.2, 0.25) is 0 Å². The second-order valence-corrected chi connectivity index (χ2v) is 5.24. The molecule has 0 spiro atoms. The van der Waals surface area contributed by atoms with Crippen LogP contribution in [0.15, 0.2) is 30.3 Å². The van der Waals surface area contributed by atoms with Gasteiger partial charge >= 0.3 is 5.97 Å². The smallest absolute Gasteiger partial charge is 0.328 e. The summed E-state index contributed by atoms with van der Waals surface area (Å²) in [4.78, 5) is 13.2. The van der Waals surface area contributed by atoms with Crippen LogP contribution in [0.3, 0.4) is 0 Å². The van der Waals surface area contributed by atoms with E-state index in [1.54, 1.807) is 0 Å². The van der Waals surface area contributed by atoms with E-state index in [2.05, 4.69) is 17.0 Å². The Kier molecular flexibility index (Phi) is 4.79. The minimum absolute atomic E-state index is 0.181. The highest BCUT2D eigenvalue weighted by Gasteiger charge is 2.12. The van der Waals surface area contributed by atoms with Gasteiger partial charge in [-0.05, 0) is 29.2 Å². The maximum absolute atomic E-state index is 10.9. The lowest BCUT2D eigenvalue weighted by Crippen LogP contribution is -2.36. The monoisotopic (exact) mass is 275 g/mol. The number of nitrogens with zero attached hydrogens (tertiary/aromatic N) is 1. The summed E-state index contributed by atoms with van der Waals surface area (Å²) in [6.45, 7) is 7.34. The van der Waals surface area contributed by atoms with Gasteiger partial charge in [0.25, 0.3) is 0 Å². The first kappa shape index (κ1) is 14.6. The van der Waals surface area contributed by atoms with Crippen molar-refractivity contribution in [3.05, 3.63) is 35.9 Å². The number of allylic oxidation sites excluding steroid dienone is 1. The molecule has 1 aliphatic heterocycles. The van der Waals surface area contributed by atoms with Crippen molar-refractivity contribution in [2.75, 3.05) is 31.2 Å². The lowest BCUT2D eigenvalue weighted by Gasteiger charge is -2.29. The molecule has 1 N–H and O–H groups in total. The summed E-state index contributed by atoms with van der Waals surface area (Å²) in [7, 11) is 0. The van der Waals surface area contributed by atoms with Crippen molar-refractivity contribution in [2.45, 2.75) is 13.8 Å². The van der Waals surface area contributed by atoms with Gasteiger partial charge in [0.15, 0.2) is 0 Å². The fraction of sp³-hybridized carbons (Fsp3) is 0.438. The number of carbonyl (C=O) groups is 1. The predicted octanol–water partition coefficient (Wildman–Crippen LogP) is 2.65. The second-order valence-electron chi connectivity index (χ2n) is 5.24. The van der Waals surface area contributed by atoms with Gasteiger partial charge < -0.3 is 14.7 Å². The van der Waals surface area contributed by atoms with E-state index in [1.807, 2.05) is 26.0 Å². The zero-order valence-electron chi connectivity index (χ0n) is 12.0. The Balaban J connectivity index is 2.19. The Morgan fingerprint density at radius 3 is 2.35 bits per heavy atom. The molecule has 2 rings (SSSR count). The van der Waals surface area contributed by atoms with E-state index in [0.717, 1.165) is 43.1 Å². The molecule has 0 bridgehead atoms. The van der Waals surface area contributed by atoms with Crippen LogP contribution in [-0.2, 0) is 9.53 Å². The van der Waals surface area contributed by atoms with Crippen molar-refractivity contribution in [1.82, 2.24) is 0 Å². The molecule has 0 aliphatic carbocycles. The molecule has 4 nitrogen and oxygen atoms in total. The SMILES string of the molecule is CC(C)/C(=C\C(=O)O)c1ccc(N2CCOCC2)cc1. The Bertz CT molecular complexity index is 485. The average molecular weight is 275 g/mol. The third-order valence-electron chi connectivity index (χ3n) is 3.48. The number of carboxylic acids is 1. The minimum Gasteiger partial charge on any atom is -0.478 e. The minimum atomic E-state index is -0.897. The van der Waals surface area contributed by atoms with E-state index < -0.39 is 5.97 Å². The topological polar surface area (TPSA) is 49.8 Å². The highest BCUT2D eigenvalue weighted by atomic mass is 16.5. The molecule has 4 heteroatoms. The Labute approximate surface area is 119 Å². The molecule has 108 valence electrons. The normalized spacial score (nSPS) is 16.6. The zero-order chi connectivity index (χ0) is 14.5. The molecule has 0 aromatic heterocycles. The van der Waals surface area contributed by atoms with E-state index in [0.29, 0.717) is 0 Å². The first-order chi connectivity index (χ1) is 9.58. The molecule has 0 atom stereocenters. The number of morpholine rings is 1. The lowest BCUT2D eigenvalue weighted by atomic mass is 9.94. The van der Waals surface area contributed by atoms with Crippen LogP contribution in [0.25, 0.3) is 5.57 Å². The van der Waals surface area contributed by atoms with Crippen LogP contribution < -0.4 is 4.90 Å². The molecule has 0 saturated carbocycles. The van der Waals surface area contributed by atoms with Gasteiger partial charge in [0.1, 0.15) is 0 Å². The largest absolute Gasteiger partial charge is 0.478 e. The van der Waals surface area contributed by atoms with Crippen molar-refractivity contribution >= 4 is 17.2 Å². The fourth-order valence-corrected chi connectivity index (χ4v) is 2.40. The third-order valence-corrected chi connectivity index (χ3v) is 3.48. The van der Waals surface area contributed by atoms with Gasteiger partial charge in [0, 0.05) is 24.9 Å². The molecular weight excluding hydrogens is 254 g/mol. The predicted molar refractivity (Wildman–Crippen MR) is 79.9 cm³/mol. The highest BCUT2D eigenvalue weighted by molar-refractivity contribution is 5.90. The van der Waals surface area contributed by atoms with Gasteiger partial charge in [-0.2, -0.15) is 0 Å².